The van der Waals surface area contributed by atoms with E-state index in [9.17, 15) is 0 Å². The third-order valence-corrected chi connectivity index (χ3v) is 0. The summed E-state index contributed by atoms with van der Waals surface area (Å²) < 4.78 is 44.2. The monoisotopic (exact) mass is 197 g/mol. The number of hydrogen-bond acceptors (Lipinski definition) is 6. The molecule has 0 amide bonds. The van der Waals surface area contributed by atoms with Gasteiger partial charge in [0.15, 0.2) is 0 Å². The van der Waals surface area contributed by atoms with Crippen molar-refractivity contribution in [1.82, 2.24) is 0 Å². The maximum absolute atomic E-state index is 7.65. The molecule has 0 spiro atoms. The fourth-order valence-electron chi connectivity index (χ4n) is 0. The molecule has 6 N–H and O–H groups in total. The van der Waals surface area contributed by atoms with Crippen LogP contribution >= 0.6 is 12.4 Å². The van der Waals surface area contributed by atoms with E-state index in [-0.39, 0.29) is 12.4 Å². The molecule has 0 aromatic rings. The molecular weight excluding hydrogens is 190 g/mol. The Balaban J connectivity index is 0. The van der Waals surface area contributed by atoms with Crippen LogP contribution in [0.3, 0.4) is 0 Å². The Labute approximate surface area is 50.9 Å². The van der Waals surface area contributed by atoms with Gasteiger partial charge in [0.1, 0.15) is 0 Å². The molecule has 0 saturated carbocycles. The van der Waals surface area contributed by atoms with Gasteiger partial charge in [0, 0.05) is 0 Å². The predicted octanol–water partition coefficient (Wildman–Crippen LogP) is -2.92. The zero-order chi connectivity index (χ0) is 6.41. The normalized spacial score (nSPS) is 20.2. The SMILES string of the molecule is Cl.[OH][Co]([OH])([OH])([OH])([OH])[OH]. The molecule has 0 radical (unpaired) electrons. The van der Waals surface area contributed by atoms with Crippen molar-refractivity contribution in [3.05, 3.63) is 0 Å². The van der Waals surface area contributed by atoms with E-state index in [1.54, 1.807) is 0 Å². The van der Waals surface area contributed by atoms with Crippen molar-refractivity contribution in [2.24, 2.45) is 0 Å². The van der Waals surface area contributed by atoms with Crippen LogP contribution in [0.15, 0.2) is 0 Å². The Morgan fingerprint density at radius 2 is 0.625 bits per heavy atom. The third-order valence-electron chi connectivity index (χ3n) is 0. The van der Waals surface area contributed by atoms with Gasteiger partial charge in [-0.05, 0) is 0 Å². The molecule has 0 rings (SSSR count). The third kappa shape index (κ3) is 654. The Hall–Kier alpha value is 0.556. The summed E-state index contributed by atoms with van der Waals surface area (Å²) in [7, 11) is 0. The first-order valence-electron chi connectivity index (χ1n) is 0.894. The summed E-state index contributed by atoms with van der Waals surface area (Å²) in [6.07, 6.45) is 0. The van der Waals surface area contributed by atoms with Crippen LogP contribution in [0.5, 0.6) is 0 Å². The van der Waals surface area contributed by atoms with Crippen LogP contribution in [-0.4, -0.2) is 25.3 Å². The molecule has 0 bridgehead atoms. The van der Waals surface area contributed by atoms with E-state index in [1.165, 1.54) is 0 Å². The summed E-state index contributed by atoms with van der Waals surface area (Å²) in [5.41, 5.74) is 0. The Kier molecular flexibility index (Phi) is 1.91. The van der Waals surface area contributed by atoms with Gasteiger partial charge in [-0.1, -0.05) is 0 Å². The first-order valence-corrected chi connectivity index (χ1v) is 3.69. The number of rotatable bonds is 0. The van der Waals surface area contributed by atoms with Gasteiger partial charge < -0.3 is 0 Å². The van der Waals surface area contributed by atoms with E-state index < -0.39 is 12.5 Å². The van der Waals surface area contributed by atoms with Gasteiger partial charge in [-0.2, -0.15) is 0 Å². The average molecular weight is 197 g/mol. The molecule has 0 fully saturated rings. The zero-order valence-electron chi connectivity index (χ0n) is 3.42. The Morgan fingerprint density at radius 3 is 0.625 bits per heavy atom. The van der Waals surface area contributed by atoms with E-state index in [2.05, 4.69) is 0 Å². The minimum absolute atomic E-state index is 0. The van der Waals surface area contributed by atoms with Crippen LogP contribution in [0.25, 0.3) is 0 Å². The van der Waals surface area contributed by atoms with Crippen LogP contribution in [0.2, 0.25) is 0 Å². The van der Waals surface area contributed by atoms with Gasteiger partial charge in [0.25, 0.3) is 0 Å². The Bertz CT molecular complexity index is 67.1. The summed E-state index contributed by atoms with van der Waals surface area (Å²) in [6.45, 7) is 0. The molecule has 0 heterocycles. The first-order chi connectivity index (χ1) is 2.45. The molecule has 59 valence electrons. The summed E-state index contributed by atoms with van der Waals surface area (Å²) in [5, 5.41) is 0. The van der Waals surface area contributed by atoms with Gasteiger partial charge in [-0.3, -0.25) is 0 Å². The second-order valence-corrected chi connectivity index (χ2v) is 4.12. The van der Waals surface area contributed by atoms with Crippen LogP contribution in [-0.2, 0) is 12.5 Å². The number of halogens is 1. The number of hydrogen-bond donors (Lipinski definition) is 6. The first kappa shape index (κ1) is 11.4. The summed E-state index contributed by atoms with van der Waals surface area (Å²) in [5.74, 6) is 0. The van der Waals surface area contributed by atoms with Crippen molar-refractivity contribution in [3.63, 3.8) is 0 Å². The summed E-state index contributed by atoms with van der Waals surface area (Å²) in [4.78, 5) is 0. The van der Waals surface area contributed by atoms with Crippen molar-refractivity contribution >= 4 is 12.4 Å². The molecule has 0 saturated heterocycles. The van der Waals surface area contributed by atoms with Gasteiger partial charge >= 0.3 is 37.8 Å². The van der Waals surface area contributed by atoms with Gasteiger partial charge in [0.2, 0.25) is 0 Å². The molecule has 8 heavy (non-hydrogen) atoms. The van der Waals surface area contributed by atoms with Gasteiger partial charge in [-0.25, -0.2) is 0 Å². The second-order valence-electron chi connectivity index (χ2n) is 1.000. The molecule has 8 heteroatoms. The van der Waals surface area contributed by atoms with Crippen molar-refractivity contribution < 1.29 is 37.8 Å². The Morgan fingerprint density at radius 1 is 0.625 bits per heavy atom. The van der Waals surface area contributed by atoms with Crippen LogP contribution in [0, 0.1) is 0 Å². The molecule has 6 nitrogen and oxygen atoms in total. The van der Waals surface area contributed by atoms with Crippen LogP contribution < -0.4 is 0 Å². The topological polar surface area (TPSA) is 121 Å². The zero-order valence-corrected chi connectivity index (χ0v) is 5.28. The second kappa shape index (κ2) is 1.34. The van der Waals surface area contributed by atoms with Crippen molar-refractivity contribution in [1.29, 1.82) is 0 Å². The molecule has 0 aliphatic carbocycles. The minimum atomic E-state index is -7.65. The van der Waals surface area contributed by atoms with Gasteiger partial charge in [-0.15, -0.1) is 12.4 Å². The van der Waals surface area contributed by atoms with E-state index in [0.717, 1.165) is 0 Å². The fraction of sp³-hybridized carbons (Fsp3) is 0. The van der Waals surface area contributed by atoms with Crippen molar-refractivity contribution in [3.8, 4) is 0 Å². The van der Waals surface area contributed by atoms with E-state index in [0.29, 0.717) is 0 Å². The molecule has 0 aliphatic heterocycles. The molecule has 0 unspecified atom stereocenters. The molecule has 0 aromatic carbocycles. The van der Waals surface area contributed by atoms with E-state index >= 15 is 0 Å². The molecular formula is H7ClCoO6. The van der Waals surface area contributed by atoms with Crippen molar-refractivity contribution in [2.45, 2.75) is 0 Å². The average Bonchev–Trinajstić information content (AvgIpc) is 0.592. The van der Waals surface area contributed by atoms with Crippen LogP contribution in [0.1, 0.15) is 0 Å². The molecule has 0 aromatic heterocycles. The van der Waals surface area contributed by atoms with Crippen molar-refractivity contribution in [2.75, 3.05) is 0 Å². The quantitative estimate of drug-likeness (QED) is 0.247. The van der Waals surface area contributed by atoms with Gasteiger partial charge in [0.05, 0.1) is 0 Å². The molecule has 0 aliphatic rings. The van der Waals surface area contributed by atoms with E-state index in [1.807, 2.05) is 0 Å². The van der Waals surface area contributed by atoms with Crippen LogP contribution in [0.4, 0.5) is 0 Å². The fourth-order valence-corrected chi connectivity index (χ4v) is 0. The van der Waals surface area contributed by atoms with E-state index in [4.69, 9.17) is 25.3 Å². The standard InChI is InChI=1S/ClH.Co.6H2O/h1H;;6*1H2/q;+6;;;;;;/p-6. The summed E-state index contributed by atoms with van der Waals surface area (Å²) in [6, 6.07) is 0. The maximum atomic E-state index is 7.36. The summed E-state index contributed by atoms with van der Waals surface area (Å²) >= 11 is -7.65. The molecule has 0 atom stereocenters. The predicted molar refractivity (Wildman–Crippen MR) is 20.6 cm³/mol.